The standard InChI is InChI=1S/C17H27N7O/c1-10(15-11(2)21-22-12(15)3)9-14(25)19-17-20-16(23-24(17)4)13-5-7-18-8-6-13/h10,13,18H,5-9H2,1-4H3,(H,21,22)(H,19,20,23,25). The number of hydrogen-bond acceptors (Lipinski definition) is 5. The van der Waals surface area contributed by atoms with Gasteiger partial charge >= 0.3 is 0 Å². The summed E-state index contributed by atoms with van der Waals surface area (Å²) in [5.74, 6) is 1.75. The average molecular weight is 345 g/mol. The summed E-state index contributed by atoms with van der Waals surface area (Å²) >= 11 is 0. The number of carbonyl (C=O) groups excluding carboxylic acids is 1. The maximum atomic E-state index is 12.4. The highest BCUT2D eigenvalue weighted by atomic mass is 16.1. The van der Waals surface area contributed by atoms with Crippen LogP contribution in [-0.4, -0.2) is 44.0 Å². The number of hydrogen-bond donors (Lipinski definition) is 3. The molecule has 0 bridgehead atoms. The van der Waals surface area contributed by atoms with Crippen LogP contribution in [0, 0.1) is 13.8 Å². The van der Waals surface area contributed by atoms with E-state index in [0.717, 1.165) is 48.7 Å². The van der Waals surface area contributed by atoms with E-state index in [1.165, 1.54) is 0 Å². The van der Waals surface area contributed by atoms with E-state index in [0.29, 0.717) is 18.3 Å². The molecule has 8 heteroatoms. The number of rotatable bonds is 5. The van der Waals surface area contributed by atoms with Crippen molar-refractivity contribution in [1.82, 2.24) is 30.3 Å². The van der Waals surface area contributed by atoms with Gasteiger partial charge in [-0.1, -0.05) is 6.92 Å². The lowest BCUT2D eigenvalue weighted by atomic mass is 9.96. The van der Waals surface area contributed by atoms with E-state index < -0.39 is 0 Å². The normalized spacial score (nSPS) is 16.8. The second kappa shape index (κ2) is 7.35. The highest BCUT2D eigenvalue weighted by Crippen LogP contribution is 2.26. The Balaban J connectivity index is 1.64. The molecule has 8 nitrogen and oxygen atoms in total. The minimum Gasteiger partial charge on any atom is -0.317 e. The van der Waals surface area contributed by atoms with E-state index in [4.69, 9.17) is 0 Å². The first kappa shape index (κ1) is 17.6. The van der Waals surface area contributed by atoms with Crippen LogP contribution >= 0.6 is 0 Å². The van der Waals surface area contributed by atoms with Crippen molar-refractivity contribution in [3.05, 3.63) is 22.8 Å². The smallest absolute Gasteiger partial charge is 0.227 e. The number of amides is 1. The van der Waals surface area contributed by atoms with Gasteiger partial charge in [0.25, 0.3) is 0 Å². The number of nitrogens with zero attached hydrogens (tertiary/aromatic N) is 4. The summed E-state index contributed by atoms with van der Waals surface area (Å²) in [6, 6.07) is 0. The van der Waals surface area contributed by atoms with Gasteiger partial charge in [-0.25, -0.2) is 4.68 Å². The molecule has 0 radical (unpaired) electrons. The van der Waals surface area contributed by atoms with Crippen LogP contribution < -0.4 is 10.6 Å². The lowest BCUT2D eigenvalue weighted by Crippen LogP contribution is -2.27. The van der Waals surface area contributed by atoms with Gasteiger partial charge in [-0.2, -0.15) is 15.2 Å². The van der Waals surface area contributed by atoms with Crippen molar-refractivity contribution in [2.24, 2.45) is 7.05 Å². The van der Waals surface area contributed by atoms with Crippen LogP contribution in [0.15, 0.2) is 0 Å². The zero-order valence-electron chi connectivity index (χ0n) is 15.4. The number of carbonyl (C=O) groups is 1. The second-order valence-electron chi connectivity index (χ2n) is 6.94. The van der Waals surface area contributed by atoms with Crippen LogP contribution in [0.3, 0.4) is 0 Å². The van der Waals surface area contributed by atoms with Gasteiger partial charge in [0.05, 0.1) is 5.69 Å². The second-order valence-corrected chi connectivity index (χ2v) is 6.94. The van der Waals surface area contributed by atoms with E-state index in [9.17, 15) is 4.79 Å². The molecular formula is C17H27N7O. The summed E-state index contributed by atoms with van der Waals surface area (Å²) < 4.78 is 1.66. The molecule has 0 saturated carbocycles. The zero-order valence-corrected chi connectivity index (χ0v) is 15.4. The fraction of sp³-hybridized carbons (Fsp3) is 0.647. The van der Waals surface area contributed by atoms with Crippen molar-refractivity contribution in [1.29, 1.82) is 0 Å². The quantitative estimate of drug-likeness (QED) is 0.766. The fourth-order valence-corrected chi connectivity index (χ4v) is 3.61. The van der Waals surface area contributed by atoms with Crippen molar-refractivity contribution in [3.8, 4) is 0 Å². The number of H-pyrrole nitrogens is 1. The topological polar surface area (TPSA) is 101 Å². The van der Waals surface area contributed by atoms with Gasteiger partial charge < -0.3 is 5.32 Å². The molecule has 1 amide bonds. The minimum absolute atomic E-state index is 0.0557. The summed E-state index contributed by atoms with van der Waals surface area (Å²) in [5, 5.41) is 17.9. The number of anilines is 1. The van der Waals surface area contributed by atoms with Crippen molar-refractivity contribution in [2.75, 3.05) is 18.4 Å². The van der Waals surface area contributed by atoms with Crippen molar-refractivity contribution < 1.29 is 4.79 Å². The summed E-state index contributed by atoms with van der Waals surface area (Å²) in [7, 11) is 1.82. The number of piperidine rings is 1. The maximum Gasteiger partial charge on any atom is 0.227 e. The van der Waals surface area contributed by atoms with Crippen LogP contribution in [0.5, 0.6) is 0 Å². The van der Waals surface area contributed by atoms with Crippen LogP contribution in [0.4, 0.5) is 5.95 Å². The molecule has 2 aromatic rings. The predicted octanol–water partition coefficient (Wildman–Crippen LogP) is 1.75. The van der Waals surface area contributed by atoms with E-state index in [-0.39, 0.29) is 11.8 Å². The Morgan fingerprint density at radius 1 is 1.36 bits per heavy atom. The Labute approximate surface area is 147 Å². The number of aryl methyl sites for hydroxylation is 3. The molecular weight excluding hydrogens is 318 g/mol. The van der Waals surface area contributed by atoms with Gasteiger partial charge in [-0.3, -0.25) is 15.2 Å². The van der Waals surface area contributed by atoms with Gasteiger partial charge in [0, 0.05) is 25.1 Å². The van der Waals surface area contributed by atoms with E-state index in [1.807, 2.05) is 27.8 Å². The van der Waals surface area contributed by atoms with Crippen LogP contribution in [0.25, 0.3) is 0 Å². The average Bonchev–Trinajstić information content (AvgIpc) is 3.11. The number of aromatic amines is 1. The lowest BCUT2D eigenvalue weighted by molar-refractivity contribution is -0.116. The minimum atomic E-state index is -0.0557. The third-order valence-electron chi connectivity index (χ3n) is 4.90. The first-order chi connectivity index (χ1) is 12.0. The Morgan fingerprint density at radius 2 is 2.08 bits per heavy atom. The Bertz CT molecular complexity index is 723. The molecule has 0 aliphatic carbocycles. The van der Waals surface area contributed by atoms with Gasteiger partial charge in [-0.15, -0.1) is 0 Å². The van der Waals surface area contributed by atoms with Crippen LogP contribution in [0.2, 0.25) is 0 Å². The fourth-order valence-electron chi connectivity index (χ4n) is 3.61. The van der Waals surface area contributed by atoms with Gasteiger partial charge in [0.15, 0.2) is 5.82 Å². The first-order valence-corrected chi connectivity index (χ1v) is 8.88. The molecule has 0 aromatic carbocycles. The molecule has 3 N–H and O–H groups in total. The largest absolute Gasteiger partial charge is 0.317 e. The van der Waals surface area contributed by atoms with Crippen molar-refractivity contribution >= 4 is 11.9 Å². The number of aromatic nitrogens is 5. The third-order valence-corrected chi connectivity index (χ3v) is 4.90. The highest BCUT2D eigenvalue weighted by Gasteiger charge is 2.22. The summed E-state index contributed by atoms with van der Waals surface area (Å²) in [6.45, 7) is 7.97. The molecule has 136 valence electrons. The molecule has 0 spiro atoms. The molecule has 1 unspecified atom stereocenters. The third kappa shape index (κ3) is 3.89. The molecule has 1 atom stereocenters. The van der Waals surface area contributed by atoms with Gasteiger partial charge in [0.2, 0.25) is 11.9 Å². The van der Waals surface area contributed by atoms with Crippen molar-refractivity contribution in [2.45, 2.75) is 51.9 Å². The van der Waals surface area contributed by atoms with E-state index >= 15 is 0 Å². The molecule has 2 aromatic heterocycles. The molecule has 1 aliphatic rings. The molecule has 1 saturated heterocycles. The Kier molecular flexibility index (Phi) is 5.17. The summed E-state index contributed by atoms with van der Waals surface area (Å²) in [6.07, 6.45) is 2.46. The number of nitrogens with one attached hydrogen (secondary N) is 3. The molecule has 3 heterocycles. The van der Waals surface area contributed by atoms with Gasteiger partial charge in [-0.05, 0) is 51.3 Å². The van der Waals surface area contributed by atoms with Gasteiger partial charge in [0.1, 0.15) is 0 Å². The summed E-state index contributed by atoms with van der Waals surface area (Å²) in [5.41, 5.74) is 3.08. The lowest BCUT2D eigenvalue weighted by Gasteiger charge is -2.19. The zero-order chi connectivity index (χ0) is 18.0. The Morgan fingerprint density at radius 3 is 2.72 bits per heavy atom. The Hall–Kier alpha value is -2.22. The first-order valence-electron chi connectivity index (χ1n) is 8.88. The highest BCUT2D eigenvalue weighted by molar-refractivity contribution is 5.89. The summed E-state index contributed by atoms with van der Waals surface area (Å²) in [4.78, 5) is 17.0. The maximum absolute atomic E-state index is 12.4. The van der Waals surface area contributed by atoms with Crippen LogP contribution in [0.1, 0.15) is 60.8 Å². The van der Waals surface area contributed by atoms with Crippen molar-refractivity contribution in [3.63, 3.8) is 0 Å². The van der Waals surface area contributed by atoms with E-state index in [2.05, 4.69) is 30.9 Å². The molecule has 1 fully saturated rings. The molecule has 3 rings (SSSR count). The molecule has 25 heavy (non-hydrogen) atoms. The van der Waals surface area contributed by atoms with E-state index in [1.54, 1.807) is 4.68 Å². The molecule has 1 aliphatic heterocycles. The monoisotopic (exact) mass is 345 g/mol. The SMILES string of the molecule is Cc1n[nH]c(C)c1C(C)CC(=O)Nc1nc(C2CCNCC2)nn1C. The predicted molar refractivity (Wildman–Crippen MR) is 95.6 cm³/mol. The van der Waals surface area contributed by atoms with Crippen LogP contribution in [-0.2, 0) is 11.8 Å².